The smallest absolute Gasteiger partial charge is 0.296 e. The third kappa shape index (κ3) is 4.17. The molecule has 34 heavy (non-hydrogen) atoms. The number of nitrogens with zero attached hydrogens (tertiary/aromatic N) is 2. The van der Waals surface area contributed by atoms with Crippen molar-refractivity contribution >= 4 is 17.4 Å². The van der Waals surface area contributed by atoms with E-state index in [9.17, 15) is 14.7 Å². The molecule has 1 aliphatic heterocycles. The predicted molar refractivity (Wildman–Crippen MR) is 125 cm³/mol. The maximum Gasteiger partial charge on any atom is 0.296 e. The first-order valence-electron chi connectivity index (χ1n) is 10.5. The molecule has 1 N–H and O–H groups in total. The number of hydrogen-bond acceptors (Lipinski definition) is 7. The number of amides is 1. The van der Waals surface area contributed by atoms with Crippen LogP contribution >= 0.6 is 0 Å². The maximum absolute atomic E-state index is 13.2. The van der Waals surface area contributed by atoms with E-state index in [0.717, 1.165) is 0 Å². The lowest BCUT2D eigenvalue weighted by molar-refractivity contribution is -0.140. The SMILES string of the molecule is COc1cccc(C2/C(=C(/O)c3ccc(OC)c(OC)c3)C(=O)C(=O)N2Cc2ccccn2)c1. The number of Topliss-reactive ketones (excluding diaryl/α,β-unsaturated/α-hetero) is 1. The molecule has 1 unspecified atom stereocenters. The molecule has 0 aliphatic carbocycles. The van der Waals surface area contributed by atoms with Crippen molar-refractivity contribution in [2.24, 2.45) is 0 Å². The van der Waals surface area contributed by atoms with Crippen LogP contribution in [0.1, 0.15) is 22.9 Å². The Labute approximate surface area is 197 Å². The quantitative estimate of drug-likeness (QED) is 0.326. The Morgan fingerprint density at radius 3 is 2.41 bits per heavy atom. The van der Waals surface area contributed by atoms with Crippen LogP contribution in [-0.2, 0) is 16.1 Å². The van der Waals surface area contributed by atoms with Crippen LogP contribution < -0.4 is 14.2 Å². The molecule has 2 heterocycles. The minimum absolute atomic E-state index is 0.0265. The largest absolute Gasteiger partial charge is 0.507 e. The first-order chi connectivity index (χ1) is 16.5. The Morgan fingerprint density at radius 1 is 0.941 bits per heavy atom. The fourth-order valence-corrected chi connectivity index (χ4v) is 4.01. The molecular weight excluding hydrogens is 436 g/mol. The van der Waals surface area contributed by atoms with E-state index in [4.69, 9.17) is 14.2 Å². The van der Waals surface area contributed by atoms with Crippen LogP contribution in [0.15, 0.2) is 72.4 Å². The van der Waals surface area contributed by atoms with Gasteiger partial charge in [0, 0.05) is 11.8 Å². The fraction of sp³-hybridized carbons (Fsp3) is 0.192. The van der Waals surface area contributed by atoms with Crippen LogP contribution in [0.5, 0.6) is 17.2 Å². The predicted octanol–water partition coefficient (Wildman–Crippen LogP) is 3.73. The van der Waals surface area contributed by atoms with Crippen molar-refractivity contribution in [3.8, 4) is 17.2 Å². The van der Waals surface area contributed by atoms with Crippen LogP contribution in [0.25, 0.3) is 5.76 Å². The zero-order valence-corrected chi connectivity index (χ0v) is 19.0. The number of hydrogen-bond donors (Lipinski definition) is 1. The van der Waals surface area contributed by atoms with Crippen molar-refractivity contribution in [1.29, 1.82) is 0 Å². The van der Waals surface area contributed by atoms with E-state index in [1.54, 1.807) is 60.8 Å². The van der Waals surface area contributed by atoms with Gasteiger partial charge in [-0.3, -0.25) is 14.6 Å². The molecule has 1 aliphatic rings. The zero-order chi connectivity index (χ0) is 24.2. The van der Waals surface area contributed by atoms with E-state index in [1.165, 1.54) is 26.2 Å². The summed E-state index contributed by atoms with van der Waals surface area (Å²) in [4.78, 5) is 32.1. The lowest BCUT2D eigenvalue weighted by Crippen LogP contribution is -2.29. The van der Waals surface area contributed by atoms with Crippen molar-refractivity contribution in [2.75, 3.05) is 21.3 Å². The topological polar surface area (TPSA) is 98.2 Å². The number of carbonyl (C=O) groups excluding carboxylic acids is 2. The minimum Gasteiger partial charge on any atom is -0.507 e. The first kappa shape index (κ1) is 22.8. The van der Waals surface area contributed by atoms with Crippen molar-refractivity contribution in [2.45, 2.75) is 12.6 Å². The number of carbonyl (C=O) groups is 2. The summed E-state index contributed by atoms with van der Waals surface area (Å²) in [6.07, 6.45) is 1.62. The Bertz CT molecular complexity index is 1260. The van der Waals surface area contributed by atoms with Gasteiger partial charge in [0.1, 0.15) is 11.5 Å². The molecule has 3 aromatic rings. The molecule has 1 atom stereocenters. The Kier molecular flexibility index (Phi) is 6.49. The van der Waals surface area contributed by atoms with Gasteiger partial charge in [-0.05, 0) is 48.0 Å². The summed E-state index contributed by atoms with van der Waals surface area (Å²) < 4.78 is 15.9. The van der Waals surface area contributed by atoms with E-state index in [-0.39, 0.29) is 17.9 Å². The lowest BCUT2D eigenvalue weighted by atomic mass is 9.95. The average molecular weight is 460 g/mol. The Balaban J connectivity index is 1.88. The first-order valence-corrected chi connectivity index (χ1v) is 10.5. The number of rotatable bonds is 7. The lowest BCUT2D eigenvalue weighted by Gasteiger charge is -2.25. The Hall–Kier alpha value is -4.33. The van der Waals surface area contributed by atoms with Gasteiger partial charge in [-0.25, -0.2) is 0 Å². The maximum atomic E-state index is 13.2. The summed E-state index contributed by atoms with van der Waals surface area (Å²) in [5.74, 6) is -0.398. The highest BCUT2D eigenvalue weighted by Gasteiger charge is 2.46. The van der Waals surface area contributed by atoms with Crippen LogP contribution in [0.2, 0.25) is 0 Å². The van der Waals surface area contributed by atoms with E-state index >= 15 is 0 Å². The Morgan fingerprint density at radius 2 is 1.74 bits per heavy atom. The van der Waals surface area contributed by atoms with Gasteiger partial charge < -0.3 is 24.2 Å². The third-order valence-electron chi connectivity index (χ3n) is 5.66. The molecule has 0 spiro atoms. The fourth-order valence-electron chi connectivity index (χ4n) is 4.01. The normalized spacial score (nSPS) is 17.0. The van der Waals surface area contributed by atoms with Crippen molar-refractivity contribution in [3.05, 3.63) is 89.3 Å². The number of aliphatic hydroxyl groups is 1. The highest BCUT2D eigenvalue weighted by molar-refractivity contribution is 6.46. The zero-order valence-electron chi connectivity index (χ0n) is 19.0. The second-order valence-corrected chi connectivity index (χ2v) is 7.59. The summed E-state index contributed by atoms with van der Waals surface area (Å²) in [5.41, 5.74) is 1.53. The van der Waals surface area contributed by atoms with E-state index < -0.39 is 17.7 Å². The summed E-state index contributed by atoms with van der Waals surface area (Å²) in [7, 11) is 4.51. The monoisotopic (exact) mass is 460 g/mol. The molecule has 1 aromatic heterocycles. The van der Waals surface area contributed by atoms with E-state index in [0.29, 0.717) is 34.1 Å². The number of ether oxygens (including phenoxy) is 3. The van der Waals surface area contributed by atoms with Crippen molar-refractivity contribution < 1.29 is 28.9 Å². The molecule has 1 amide bonds. The number of aliphatic hydroxyl groups excluding tert-OH is 1. The highest BCUT2D eigenvalue weighted by atomic mass is 16.5. The second kappa shape index (κ2) is 9.66. The minimum atomic E-state index is -0.842. The molecule has 0 radical (unpaired) electrons. The molecule has 174 valence electrons. The van der Waals surface area contributed by atoms with Crippen LogP contribution in [0.3, 0.4) is 0 Å². The standard InChI is InChI=1S/C26H24N2O6/c1-32-19-9-6-7-16(13-19)23-22(24(29)17-10-11-20(33-2)21(14-17)34-3)25(30)26(31)28(23)15-18-8-4-5-12-27-18/h4-14,23,29H,15H2,1-3H3/b24-22-. The molecule has 0 saturated carbocycles. The van der Waals surface area contributed by atoms with Gasteiger partial charge in [0.05, 0.1) is 45.2 Å². The number of benzene rings is 2. The molecule has 2 aromatic carbocycles. The van der Waals surface area contributed by atoms with Crippen LogP contribution in [0.4, 0.5) is 0 Å². The summed E-state index contributed by atoms with van der Waals surface area (Å²) in [6.45, 7) is 0.0933. The van der Waals surface area contributed by atoms with Gasteiger partial charge in [0.25, 0.3) is 11.7 Å². The molecule has 0 bridgehead atoms. The van der Waals surface area contributed by atoms with Crippen LogP contribution in [0, 0.1) is 0 Å². The van der Waals surface area contributed by atoms with Gasteiger partial charge in [-0.1, -0.05) is 18.2 Å². The third-order valence-corrected chi connectivity index (χ3v) is 5.66. The number of pyridine rings is 1. The van der Waals surface area contributed by atoms with Gasteiger partial charge >= 0.3 is 0 Å². The molecular formula is C26H24N2O6. The molecule has 4 rings (SSSR count). The number of ketones is 1. The van der Waals surface area contributed by atoms with Gasteiger partial charge in [0.2, 0.25) is 0 Å². The van der Waals surface area contributed by atoms with E-state index in [1.807, 2.05) is 6.07 Å². The highest BCUT2D eigenvalue weighted by Crippen LogP contribution is 2.42. The summed E-state index contributed by atoms with van der Waals surface area (Å²) in [5, 5.41) is 11.3. The summed E-state index contributed by atoms with van der Waals surface area (Å²) in [6, 6.07) is 16.4. The molecule has 1 saturated heterocycles. The summed E-state index contributed by atoms with van der Waals surface area (Å²) >= 11 is 0. The second-order valence-electron chi connectivity index (χ2n) is 7.59. The van der Waals surface area contributed by atoms with E-state index in [2.05, 4.69) is 4.98 Å². The van der Waals surface area contributed by atoms with Gasteiger partial charge in [0.15, 0.2) is 11.5 Å². The number of likely N-dealkylation sites (tertiary alicyclic amines) is 1. The van der Waals surface area contributed by atoms with Crippen molar-refractivity contribution in [3.63, 3.8) is 0 Å². The molecule has 8 heteroatoms. The molecule has 1 fully saturated rings. The van der Waals surface area contributed by atoms with Crippen LogP contribution in [-0.4, -0.2) is 48.0 Å². The van der Waals surface area contributed by atoms with Gasteiger partial charge in [-0.15, -0.1) is 0 Å². The molecule has 8 nitrogen and oxygen atoms in total. The van der Waals surface area contributed by atoms with Crippen molar-refractivity contribution in [1.82, 2.24) is 9.88 Å². The number of methoxy groups -OCH3 is 3. The average Bonchev–Trinajstić information content (AvgIpc) is 3.13. The van der Waals surface area contributed by atoms with Gasteiger partial charge in [-0.2, -0.15) is 0 Å². The number of aromatic nitrogens is 1.